The van der Waals surface area contributed by atoms with E-state index >= 15 is 0 Å². The molecule has 150 valence electrons. The van der Waals surface area contributed by atoms with Crippen LogP contribution in [-0.4, -0.2) is 24.2 Å². The molecule has 1 N–H and O–H groups in total. The average Bonchev–Trinajstić information content (AvgIpc) is 3.13. The number of rotatable bonds is 10. The average molecular weight is 388 g/mol. The highest BCUT2D eigenvalue weighted by atomic mass is 19.3. The predicted octanol–water partition coefficient (Wildman–Crippen LogP) is 6.23. The van der Waals surface area contributed by atoms with Crippen molar-refractivity contribution in [2.24, 2.45) is 0 Å². The topological polar surface area (TPSA) is 42.6 Å². The highest BCUT2D eigenvalue weighted by Crippen LogP contribution is 2.32. The van der Waals surface area contributed by atoms with E-state index in [1.807, 2.05) is 36.4 Å². The number of aliphatic hydroxyl groups is 1. The van der Waals surface area contributed by atoms with Crippen molar-refractivity contribution in [2.75, 3.05) is 13.2 Å². The molecule has 28 heavy (non-hydrogen) atoms. The summed E-state index contributed by atoms with van der Waals surface area (Å²) in [5.41, 5.74) is 3.01. The summed E-state index contributed by atoms with van der Waals surface area (Å²) in [6.07, 6.45) is 0.762. The number of aryl methyl sites for hydroxylation is 1. The molecular formula is C23H26F2O3. The minimum Gasteiger partial charge on any atom is -0.493 e. The van der Waals surface area contributed by atoms with Crippen LogP contribution in [0.25, 0.3) is 22.3 Å². The van der Waals surface area contributed by atoms with Crippen molar-refractivity contribution in [2.45, 2.75) is 45.0 Å². The molecule has 0 fully saturated rings. The molecule has 0 unspecified atom stereocenters. The van der Waals surface area contributed by atoms with Crippen LogP contribution < -0.4 is 4.74 Å². The Balaban J connectivity index is 1.63. The van der Waals surface area contributed by atoms with Crippen LogP contribution >= 0.6 is 0 Å². The van der Waals surface area contributed by atoms with Gasteiger partial charge < -0.3 is 14.3 Å². The third kappa shape index (κ3) is 5.10. The van der Waals surface area contributed by atoms with Crippen molar-refractivity contribution < 1.29 is 23.0 Å². The number of aliphatic hydroxyl groups excluding tert-OH is 1. The Morgan fingerprint density at radius 2 is 1.82 bits per heavy atom. The van der Waals surface area contributed by atoms with Crippen LogP contribution in [0.5, 0.6) is 5.75 Å². The number of alkyl halides is 2. The van der Waals surface area contributed by atoms with Crippen molar-refractivity contribution in [1.82, 2.24) is 0 Å². The molecule has 0 saturated carbocycles. The van der Waals surface area contributed by atoms with Gasteiger partial charge in [-0.1, -0.05) is 31.2 Å². The highest BCUT2D eigenvalue weighted by molar-refractivity contribution is 5.84. The van der Waals surface area contributed by atoms with Gasteiger partial charge in [-0.2, -0.15) is 0 Å². The second-order valence-electron chi connectivity index (χ2n) is 6.96. The van der Waals surface area contributed by atoms with Crippen molar-refractivity contribution >= 4 is 11.0 Å². The maximum absolute atomic E-state index is 13.6. The number of fused-ring (bicyclic) bond motifs is 1. The Kier molecular flexibility index (Phi) is 6.68. The maximum Gasteiger partial charge on any atom is 0.248 e. The number of benzene rings is 2. The molecule has 0 aliphatic carbocycles. The lowest BCUT2D eigenvalue weighted by Gasteiger charge is -2.15. The number of hydrogen-bond donors (Lipinski definition) is 1. The molecule has 3 nitrogen and oxygen atoms in total. The molecule has 3 aromatic rings. The number of hydrogen-bond acceptors (Lipinski definition) is 3. The van der Waals surface area contributed by atoms with Crippen LogP contribution in [-0.2, 0) is 6.42 Å². The largest absolute Gasteiger partial charge is 0.493 e. The first-order valence-corrected chi connectivity index (χ1v) is 9.76. The van der Waals surface area contributed by atoms with Crippen LogP contribution in [0.15, 0.2) is 52.9 Å². The Bertz CT molecular complexity index is 902. The van der Waals surface area contributed by atoms with E-state index < -0.39 is 5.92 Å². The molecule has 0 aliphatic rings. The predicted molar refractivity (Wildman–Crippen MR) is 107 cm³/mol. The van der Waals surface area contributed by atoms with Crippen LogP contribution in [0.1, 0.15) is 38.2 Å². The van der Waals surface area contributed by atoms with E-state index in [0.717, 1.165) is 23.1 Å². The molecule has 3 rings (SSSR count). The summed E-state index contributed by atoms with van der Waals surface area (Å²) in [6, 6.07) is 15.7. The van der Waals surface area contributed by atoms with Crippen molar-refractivity contribution in [1.29, 1.82) is 0 Å². The lowest BCUT2D eigenvalue weighted by Crippen LogP contribution is -2.17. The lowest BCUT2D eigenvalue weighted by atomic mass is 10.0. The van der Waals surface area contributed by atoms with Gasteiger partial charge in [0.1, 0.15) is 17.1 Å². The zero-order valence-corrected chi connectivity index (χ0v) is 16.1. The minimum absolute atomic E-state index is 0.118. The third-order valence-electron chi connectivity index (χ3n) is 4.81. The zero-order valence-electron chi connectivity index (χ0n) is 16.1. The quantitative estimate of drug-likeness (QED) is 0.419. The van der Waals surface area contributed by atoms with Crippen LogP contribution in [0, 0.1) is 0 Å². The van der Waals surface area contributed by atoms with Crippen LogP contribution in [0.4, 0.5) is 8.78 Å². The van der Waals surface area contributed by atoms with E-state index in [4.69, 9.17) is 14.3 Å². The fraction of sp³-hybridized carbons (Fsp3) is 0.391. The molecule has 0 aliphatic heterocycles. The van der Waals surface area contributed by atoms with E-state index in [-0.39, 0.29) is 38.9 Å². The summed E-state index contributed by atoms with van der Waals surface area (Å²) in [5.74, 6) is -1.33. The van der Waals surface area contributed by atoms with Gasteiger partial charge in [-0.25, -0.2) is 8.78 Å². The molecule has 1 heterocycles. The van der Waals surface area contributed by atoms with Crippen LogP contribution in [0.2, 0.25) is 0 Å². The Morgan fingerprint density at radius 3 is 2.61 bits per heavy atom. The summed E-state index contributed by atoms with van der Waals surface area (Å²) in [6.45, 7) is 2.12. The third-order valence-corrected chi connectivity index (χ3v) is 4.81. The van der Waals surface area contributed by atoms with Crippen LogP contribution in [0.3, 0.4) is 0 Å². The Morgan fingerprint density at radius 1 is 1.04 bits per heavy atom. The summed E-state index contributed by atoms with van der Waals surface area (Å²) in [7, 11) is 0. The smallest absolute Gasteiger partial charge is 0.248 e. The van der Waals surface area contributed by atoms with E-state index in [9.17, 15) is 8.78 Å². The monoisotopic (exact) mass is 388 g/mol. The first kappa shape index (κ1) is 20.3. The van der Waals surface area contributed by atoms with Gasteiger partial charge in [0.25, 0.3) is 0 Å². The molecule has 1 aromatic heterocycles. The molecular weight excluding hydrogens is 362 g/mol. The standard InChI is InChI=1S/C23H26F2O3/c1-2-17-7-3-4-8-20(17)22-15-18-9-10-19(16-21(18)28-22)27-14-6-12-23(24,25)11-5-13-26/h3-4,7-10,15-16,26H,2,5-6,11-14H2,1H3. The van der Waals surface area contributed by atoms with Gasteiger partial charge in [-0.05, 0) is 43.0 Å². The van der Waals surface area contributed by atoms with Crippen molar-refractivity contribution in [3.05, 3.63) is 54.1 Å². The van der Waals surface area contributed by atoms with Gasteiger partial charge in [0, 0.05) is 36.5 Å². The Labute approximate surface area is 163 Å². The molecule has 2 aromatic carbocycles. The fourth-order valence-electron chi connectivity index (χ4n) is 3.29. The van der Waals surface area contributed by atoms with E-state index in [2.05, 4.69) is 13.0 Å². The minimum atomic E-state index is -2.75. The van der Waals surface area contributed by atoms with E-state index in [1.165, 1.54) is 5.56 Å². The highest BCUT2D eigenvalue weighted by Gasteiger charge is 2.27. The summed E-state index contributed by atoms with van der Waals surface area (Å²) in [4.78, 5) is 0. The number of halogens is 2. The van der Waals surface area contributed by atoms with Gasteiger partial charge in [0.2, 0.25) is 5.92 Å². The summed E-state index contributed by atoms with van der Waals surface area (Å²) >= 11 is 0. The SMILES string of the molecule is CCc1ccccc1-c1cc2ccc(OCCCC(F)(F)CCCO)cc2o1. The number of ether oxygens (including phenoxy) is 1. The van der Waals surface area contributed by atoms with Gasteiger partial charge in [0.15, 0.2) is 0 Å². The molecule has 0 saturated heterocycles. The zero-order chi connectivity index (χ0) is 20.0. The second-order valence-corrected chi connectivity index (χ2v) is 6.96. The van der Waals surface area contributed by atoms with Gasteiger partial charge in [-0.15, -0.1) is 0 Å². The van der Waals surface area contributed by atoms with Gasteiger partial charge in [0.05, 0.1) is 6.61 Å². The summed E-state index contributed by atoms with van der Waals surface area (Å²) < 4.78 is 38.8. The fourth-order valence-corrected chi connectivity index (χ4v) is 3.29. The normalized spacial score (nSPS) is 11.9. The first-order valence-electron chi connectivity index (χ1n) is 9.76. The molecule has 0 radical (unpaired) electrons. The molecule has 5 heteroatoms. The first-order chi connectivity index (χ1) is 13.5. The Hall–Kier alpha value is -2.40. The number of furan rings is 1. The maximum atomic E-state index is 13.6. The molecule has 0 atom stereocenters. The molecule has 0 bridgehead atoms. The lowest BCUT2D eigenvalue weighted by molar-refractivity contribution is -0.0254. The van der Waals surface area contributed by atoms with E-state index in [0.29, 0.717) is 11.3 Å². The second kappa shape index (κ2) is 9.20. The molecule has 0 spiro atoms. The van der Waals surface area contributed by atoms with Gasteiger partial charge >= 0.3 is 0 Å². The summed E-state index contributed by atoms with van der Waals surface area (Å²) in [5, 5.41) is 9.65. The van der Waals surface area contributed by atoms with E-state index in [1.54, 1.807) is 6.07 Å². The van der Waals surface area contributed by atoms with Crippen molar-refractivity contribution in [3.63, 3.8) is 0 Å². The molecule has 0 amide bonds. The van der Waals surface area contributed by atoms with Gasteiger partial charge in [-0.3, -0.25) is 0 Å². The van der Waals surface area contributed by atoms with Crippen molar-refractivity contribution in [3.8, 4) is 17.1 Å².